The van der Waals surface area contributed by atoms with Crippen LogP contribution in [0.4, 0.5) is 51.1 Å². The van der Waals surface area contributed by atoms with Gasteiger partial charge in [-0.1, -0.05) is 42.1 Å². The summed E-state index contributed by atoms with van der Waals surface area (Å²) in [6, 6.07) is 3.55. The minimum atomic E-state index is -5.07. The van der Waals surface area contributed by atoms with Crippen molar-refractivity contribution in [3.63, 3.8) is 0 Å². The standard InChI is InChI=1S/C30H33F9N6/c1-18-8-9-24-23(12-18)25(10-11-26(30(37,38)39)44(24)16-19-6-4-3-5-7-19)45(27-40-42-43(2)41-27)17-20-13-21(28(31,32)33)15-22(14-20)29(34,35)36/h8-9,12-15,19,25-26H,3-7,10-11,16-17H2,1-2H3/t25?,26-/m0/s1. The number of rotatable bonds is 6. The number of anilines is 2. The first-order chi connectivity index (χ1) is 21.0. The van der Waals surface area contributed by atoms with Gasteiger partial charge in [0, 0.05) is 18.8 Å². The maximum atomic E-state index is 14.7. The van der Waals surface area contributed by atoms with Crippen LogP contribution in [0.5, 0.6) is 0 Å². The number of halogens is 9. The molecular formula is C30H33F9N6. The maximum Gasteiger partial charge on any atom is 0.416 e. The number of tetrazole rings is 1. The lowest BCUT2D eigenvalue weighted by Crippen LogP contribution is -2.47. The molecule has 1 aliphatic carbocycles. The number of hydrogen-bond acceptors (Lipinski definition) is 5. The summed E-state index contributed by atoms with van der Waals surface area (Å²) < 4.78 is 126. The lowest BCUT2D eigenvalue weighted by atomic mass is 9.88. The quantitative estimate of drug-likeness (QED) is 0.251. The normalized spacial score (nSPS) is 20.2. The summed E-state index contributed by atoms with van der Waals surface area (Å²) in [5.41, 5.74) is -1.82. The Bertz CT molecular complexity index is 1440. The molecule has 1 fully saturated rings. The highest BCUT2D eigenvalue weighted by molar-refractivity contribution is 5.60. The Balaban J connectivity index is 1.64. The van der Waals surface area contributed by atoms with Crippen LogP contribution in [0.25, 0.3) is 0 Å². The van der Waals surface area contributed by atoms with Gasteiger partial charge in [-0.05, 0) is 79.1 Å². The van der Waals surface area contributed by atoms with Crippen molar-refractivity contribution in [3.8, 4) is 0 Å². The summed E-state index contributed by atoms with van der Waals surface area (Å²) in [4.78, 5) is 3.83. The summed E-state index contributed by atoms with van der Waals surface area (Å²) >= 11 is 0. The van der Waals surface area contributed by atoms with Crippen LogP contribution < -0.4 is 9.80 Å². The number of hydrogen-bond donors (Lipinski definition) is 0. The second kappa shape index (κ2) is 12.3. The molecule has 2 atom stereocenters. The van der Waals surface area contributed by atoms with Gasteiger partial charge in [-0.3, -0.25) is 0 Å². The number of nitrogens with zero attached hydrogens (tertiary/aromatic N) is 6. The third-order valence-electron chi connectivity index (χ3n) is 8.63. The second-order valence-electron chi connectivity index (χ2n) is 12.0. The third-order valence-corrected chi connectivity index (χ3v) is 8.63. The minimum Gasteiger partial charge on any atom is -0.359 e. The Hall–Kier alpha value is -3.52. The van der Waals surface area contributed by atoms with Crippen molar-refractivity contribution in [1.29, 1.82) is 0 Å². The third kappa shape index (κ3) is 7.49. The molecule has 15 heteroatoms. The molecule has 3 aromatic rings. The highest BCUT2D eigenvalue weighted by atomic mass is 19.4. The Kier molecular flexibility index (Phi) is 9.02. The Labute approximate surface area is 254 Å². The van der Waals surface area contributed by atoms with E-state index >= 15 is 0 Å². The van der Waals surface area contributed by atoms with E-state index in [0.717, 1.165) is 42.5 Å². The molecule has 0 spiro atoms. The molecule has 2 aromatic carbocycles. The Morgan fingerprint density at radius 3 is 2.02 bits per heavy atom. The van der Waals surface area contributed by atoms with E-state index in [0.29, 0.717) is 23.4 Å². The van der Waals surface area contributed by atoms with Gasteiger partial charge in [-0.15, -0.1) is 5.10 Å². The van der Waals surface area contributed by atoms with Crippen molar-refractivity contribution in [2.45, 2.75) is 89.0 Å². The van der Waals surface area contributed by atoms with Gasteiger partial charge in [0.25, 0.3) is 5.95 Å². The van der Waals surface area contributed by atoms with Crippen molar-refractivity contribution < 1.29 is 39.5 Å². The molecule has 0 N–H and O–H groups in total. The van der Waals surface area contributed by atoms with Gasteiger partial charge >= 0.3 is 18.5 Å². The molecule has 45 heavy (non-hydrogen) atoms. The number of benzene rings is 2. The molecule has 1 aliphatic heterocycles. The van der Waals surface area contributed by atoms with E-state index in [1.807, 2.05) is 0 Å². The molecule has 5 rings (SSSR count). The highest BCUT2D eigenvalue weighted by Crippen LogP contribution is 2.46. The van der Waals surface area contributed by atoms with Gasteiger partial charge in [0.15, 0.2) is 0 Å². The fourth-order valence-electron chi connectivity index (χ4n) is 6.55. The van der Waals surface area contributed by atoms with Crippen LogP contribution in [-0.2, 0) is 25.9 Å². The molecule has 0 radical (unpaired) electrons. The van der Waals surface area contributed by atoms with Crippen LogP contribution in [0.2, 0.25) is 0 Å². The number of alkyl halides is 9. The zero-order valence-electron chi connectivity index (χ0n) is 24.6. The van der Waals surface area contributed by atoms with Crippen LogP contribution in [0.1, 0.15) is 78.8 Å². The number of fused-ring (bicyclic) bond motifs is 1. The van der Waals surface area contributed by atoms with Gasteiger partial charge in [0.05, 0.1) is 24.2 Å². The first-order valence-electron chi connectivity index (χ1n) is 14.7. The monoisotopic (exact) mass is 648 g/mol. The van der Waals surface area contributed by atoms with Crippen LogP contribution in [0, 0.1) is 12.8 Å². The molecule has 1 aromatic heterocycles. The zero-order valence-corrected chi connectivity index (χ0v) is 24.6. The lowest BCUT2D eigenvalue weighted by molar-refractivity contribution is -0.150. The van der Waals surface area contributed by atoms with Crippen LogP contribution in [-0.4, -0.2) is 39.0 Å². The second-order valence-corrected chi connectivity index (χ2v) is 12.0. The molecule has 1 unspecified atom stereocenters. The van der Waals surface area contributed by atoms with E-state index in [1.54, 1.807) is 25.1 Å². The SMILES string of the molecule is Cc1ccc2c(c1)C(N(Cc1cc(C(F)(F)F)cc(C(F)(F)F)c1)c1nnn(C)n1)CC[C@@H](C(F)(F)F)N2CC1CCCCC1. The van der Waals surface area contributed by atoms with E-state index in [4.69, 9.17) is 0 Å². The van der Waals surface area contributed by atoms with Crippen molar-refractivity contribution in [3.05, 3.63) is 64.2 Å². The number of aryl methyl sites for hydroxylation is 2. The van der Waals surface area contributed by atoms with Crippen molar-refractivity contribution in [1.82, 2.24) is 20.2 Å². The molecule has 2 heterocycles. The van der Waals surface area contributed by atoms with E-state index in [9.17, 15) is 39.5 Å². The lowest BCUT2D eigenvalue weighted by Gasteiger charge is -2.38. The van der Waals surface area contributed by atoms with Crippen molar-refractivity contribution >= 4 is 11.6 Å². The summed E-state index contributed by atoms with van der Waals surface area (Å²) in [7, 11) is 1.43. The van der Waals surface area contributed by atoms with E-state index in [-0.39, 0.29) is 42.9 Å². The fourth-order valence-corrected chi connectivity index (χ4v) is 6.55. The summed E-state index contributed by atoms with van der Waals surface area (Å²) in [5, 5.41) is 11.9. The highest BCUT2D eigenvalue weighted by Gasteiger charge is 2.47. The van der Waals surface area contributed by atoms with Crippen molar-refractivity contribution in [2.24, 2.45) is 13.0 Å². The summed E-state index contributed by atoms with van der Waals surface area (Å²) in [6.07, 6.45) is -10.7. The predicted octanol–water partition coefficient (Wildman–Crippen LogP) is 8.42. The van der Waals surface area contributed by atoms with Gasteiger partial charge < -0.3 is 9.80 Å². The molecular weight excluding hydrogens is 615 g/mol. The molecule has 6 nitrogen and oxygen atoms in total. The van der Waals surface area contributed by atoms with Crippen LogP contribution in [0.15, 0.2) is 36.4 Å². The molecule has 1 saturated carbocycles. The molecule has 0 bridgehead atoms. The van der Waals surface area contributed by atoms with E-state index in [2.05, 4.69) is 15.4 Å². The zero-order chi connectivity index (χ0) is 32.7. The molecule has 2 aliphatic rings. The van der Waals surface area contributed by atoms with Gasteiger partial charge in [-0.2, -0.15) is 44.3 Å². The average Bonchev–Trinajstić information content (AvgIpc) is 3.31. The van der Waals surface area contributed by atoms with E-state index < -0.39 is 48.3 Å². The number of aromatic nitrogens is 4. The Morgan fingerprint density at radius 2 is 1.47 bits per heavy atom. The molecule has 0 amide bonds. The largest absolute Gasteiger partial charge is 0.416 e. The topological polar surface area (TPSA) is 50.1 Å². The fraction of sp³-hybridized carbons (Fsp3) is 0.567. The van der Waals surface area contributed by atoms with Gasteiger partial charge in [0.1, 0.15) is 6.04 Å². The smallest absolute Gasteiger partial charge is 0.359 e. The molecule has 246 valence electrons. The first-order valence-corrected chi connectivity index (χ1v) is 14.7. The minimum absolute atomic E-state index is 0.0375. The van der Waals surface area contributed by atoms with Gasteiger partial charge in [0.2, 0.25) is 0 Å². The van der Waals surface area contributed by atoms with Crippen LogP contribution >= 0.6 is 0 Å². The van der Waals surface area contributed by atoms with Gasteiger partial charge in [-0.25, -0.2) is 0 Å². The average molecular weight is 649 g/mol. The molecule has 0 saturated heterocycles. The summed E-state index contributed by atoms with van der Waals surface area (Å²) in [6.45, 7) is 1.40. The van der Waals surface area contributed by atoms with Crippen LogP contribution in [0.3, 0.4) is 0 Å². The maximum absolute atomic E-state index is 14.7. The predicted molar refractivity (Wildman–Crippen MR) is 148 cm³/mol. The van der Waals surface area contributed by atoms with E-state index in [1.165, 1.54) is 16.8 Å². The summed E-state index contributed by atoms with van der Waals surface area (Å²) in [5.74, 6) is -0.0804. The first kappa shape index (κ1) is 32.9. The Morgan fingerprint density at radius 1 is 0.822 bits per heavy atom. The van der Waals surface area contributed by atoms with Crippen molar-refractivity contribution in [2.75, 3.05) is 16.3 Å².